The topological polar surface area (TPSA) is 27.0 Å². The van der Waals surface area contributed by atoms with Gasteiger partial charge >= 0.3 is 0 Å². The lowest BCUT2D eigenvalue weighted by molar-refractivity contribution is 0.685. The van der Waals surface area contributed by atoms with Gasteiger partial charge in [0.05, 0.1) is 11.6 Å². The van der Waals surface area contributed by atoms with Gasteiger partial charge in [0.15, 0.2) is 0 Å². The van der Waals surface area contributed by atoms with Crippen molar-refractivity contribution in [3.05, 3.63) is 59.2 Å². The Morgan fingerprint density at radius 1 is 0.900 bits per heavy atom. The van der Waals surface area contributed by atoms with Gasteiger partial charge in [0.2, 0.25) is 0 Å². The lowest BCUT2D eigenvalue weighted by atomic mass is 9.91. The number of aryl methyl sites for hydroxylation is 2. The first-order valence-electron chi connectivity index (χ1n) is 7.13. The number of hydrogen-bond acceptors (Lipinski definition) is 2. The van der Waals surface area contributed by atoms with E-state index in [-0.39, 0.29) is 0 Å². The standard InChI is InChI=1S/C18H18N2/c1-20(17-9-6-14(13-19)7-10-17)18-11-8-15-4-2-3-5-16(15)12-18/h6-12H,2-5H2,1H3. The van der Waals surface area contributed by atoms with E-state index in [1.165, 1.54) is 42.5 Å². The molecule has 100 valence electrons. The van der Waals surface area contributed by atoms with E-state index in [2.05, 4.69) is 36.2 Å². The summed E-state index contributed by atoms with van der Waals surface area (Å²) in [7, 11) is 2.08. The molecule has 1 aliphatic carbocycles. The van der Waals surface area contributed by atoms with E-state index in [0.29, 0.717) is 5.56 Å². The van der Waals surface area contributed by atoms with Crippen molar-refractivity contribution in [2.45, 2.75) is 25.7 Å². The first-order valence-corrected chi connectivity index (χ1v) is 7.13. The zero-order chi connectivity index (χ0) is 13.9. The predicted molar refractivity (Wildman–Crippen MR) is 82.3 cm³/mol. The Bertz CT molecular complexity index is 650. The maximum absolute atomic E-state index is 8.85. The van der Waals surface area contributed by atoms with Crippen molar-refractivity contribution < 1.29 is 0 Å². The van der Waals surface area contributed by atoms with Gasteiger partial charge in [-0.15, -0.1) is 0 Å². The Morgan fingerprint density at radius 3 is 2.25 bits per heavy atom. The molecule has 2 aromatic rings. The Hall–Kier alpha value is -2.27. The normalized spacial score (nSPS) is 13.4. The third kappa shape index (κ3) is 2.40. The maximum Gasteiger partial charge on any atom is 0.0991 e. The van der Waals surface area contributed by atoms with Crippen molar-refractivity contribution in [2.24, 2.45) is 0 Å². The summed E-state index contributed by atoms with van der Waals surface area (Å²) in [5, 5.41) is 8.85. The van der Waals surface area contributed by atoms with Crippen molar-refractivity contribution >= 4 is 11.4 Å². The van der Waals surface area contributed by atoms with Crippen LogP contribution in [0.25, 0.3) is 0 Å². The van der Waals surface area contributed by atoms with Crippen LogP contribution in [0.1, 0.15) is 29.5 Å². The summed E-state index contributed by atoms with van der Waals surface area (Å²) in [6, 6.07) is 16.7. The quantitative estimate of drug-likeness (QED) is 0.810. The molecule has 2 nitrogen and oxygen atoms in total. The first-order chi connectivity index (χ1) is 9.78. The lowest BCUT2D eigenvalue weighted by Gasteiger charge is -2.23. The van der Waals surface area contributed by atoms with Gasteiger partial charge in [0.1, 0.15) is 0 Å². The zero-order valence-electron chi connectivity index (χ0n) is 11.8. The van der Waals surface area contributed by atoms with Crippen molar-refractivity contribution in [1.29, 1.82) is 5.26 Å². The minimum Gasteiger partial charge on any atom is -0.345 e. The molecule has 0 amide bonds. The second-order valence-corrected chi connectivity index (χ2v) is 5.38. The summed E-state index contributed by atoms with van der Waals surface area (Å²) >= 11 is 0. The minimum absolute atomic E-state index is 0.701. The van der Waals surface area contributed by atoms with Gasteiger partial charge < -0.3 is 4.90 Å². The van der Waals surface area contributed by atoms with E-state index in [1.807, 2.05) is 24.3 Å². The smallest absolute Gasteiger partial charge is 0.0991 e. The summed E-state index contributed by atoms with van der Waals surface area (Å²) < 4.78 is 0. The number of fused-ring (bicyclic) bond motifs is 1. The lowest BCUT2D eigenvalue weighted by Crippen LogP contribution is -2.11. The molecule has 0 aromatic heterocycles. The van der Waals surface area contributed by atoms with Crippen LogP contribution in [0.5, 0.6) is 0 Å². The van der Waals surface area contributed by atoms with E-state index in [9.17, 15) is 0 Å². The van der Waals surface area contributed by atoms with Crippen LogP contribution in [0.2, 0.25) is 0 Å². The van der Waals surface area contributed by atoms with Gasteiger partial charge in [-0.1, -0.05) is 6.07 Å². The summed E-state index contributed by atoms with van der Waals surface area (Å²) in [6.07, 6.45) is 5.04. The zero-order valence-corrected chi connectivity index (χ0v) is 11.8. The average Bonchev–Trinajstić information content (AvgIpc) is 2.54. The molecule has 0 aliphatic heterocycles. The number of anilines is 2. The highest BCUT2D eigenvalue weighted by Gasteiger charge is 2.11. The van der Waals surface area contributed by atoms with Crippen LogP contribution in [-0.4, -0.2) is 7.05 Å². The molecule has 2 aromatic carbocycles. The monoisotopic (exact) mass is 262 g/mol. The van der Waals surface area contributed by atoms with E-state index in [0.717, 1.165) is 5.69 Å². The van der Waals surface area contributed by atoms with Crippen LogP contribution in [0.4, 0.5) is 11.4 Å². The van der Waals surface area contributed by atoms with E-state index < -0.39 is 0 Å². The number of nitrogens with zero attached hydrogens (tertiary/aromatic N) is 2. The summed E-state index contributed by atoms with van der Waals surface area (Å²) in [6.45, 7) is 0. The average molecular weight is 262 g/mol. The fourth-order valence-corrected chi connectivity index (χ4v) is 2.84. The molecular weight excluding hydrogens is 244 g/mol. The van der Waals surface area contributed by atoms with Crippen LogP contribution in [-0.2, 0) is 12.8 Å². The Kier molecular flexibility index (Phi) is 3.43. The van der Waals surface area contributed by atoms with Gasteiger partial charge in [0, 0.05) is 18.4 Å². The van der Waals surface area contributed by atoms with Crippen LogP contribution >= 0.6 is 0 Å². The molecule has 0 heterocycles. The Balaban J connectivity index is 1.89. The molecule has 0 saturated carbocycles. The Labute approximate surface area is 120 Å². The van der Waals surface area contributed by atoms with E-state index in [1.54, 1.807) is 0 Å². The number of rotatable bonds is 2. The largest absolute Gasteiger partial charge is 0.345 e. The molecule has 0 bridgehead atoms. The second kappa shape index (κ2) is 5.38. The summed E-state index contributed by atoms with van der Waals surface area (Å²) in [5.74, 6) is 0. The first kappa shape index (κ1) is 12.7. The van der Waals surface area contributed by atoms with Crippen molar-refractivity contribution in [2.75, 3.05) is 11.9 Å². The predicted octanol–water partition coefficient (Wildman–Crippen LogP) is 4.20. The molecular formula is C18H18N2. The van der Waals surface area contributed by atoms with Crippen molar-refractivity contribution in [1.82, 2.24) is 0 Å². The molecule has 0 atom stereocenters. The number of nitriles is 1. The van der Waals surface area contributed by atoms with Crippen molar-refractivity contribution in [3.63, 3.8) is 0 Å². The third-order valence-corrected chi connectivity index (χ3v) is 4.10. The molecule has 0 saturated heterocycles. The molecule has 0 unspecified atom stereocenters. The third-order valence-electron chi connectivity index (χ3n) is 4.10. The van der Waals surface area contributed by atoms with Crippen LogP contribution < -0.4 is 4.90 Å². The highest BCUT2D eigenvalue weighted by molar-refractivity contribution is 5.64. The molecule has 0 spiro atoms. The minimum atomic E-state index is 0.701. The van der Waals surface area contributed by atoms with Gasteiger partial charge in [-0.05, 0) is 73.2 Å². The van der Waals surface area contributed by atoms with E-state index in [4.69, 9.17) is 5.26 Å². The highest BCUT2D eigenvalue weighted by Crippen LogP contribution is 2.29. The molecule has 2 heteroatoms. The van der Waals surface area contributed by atoms with Gasteiger partial charge in [-0.2, -0.15) is 5.26 Å². The number of benzene rings is 2. The highest BCUT2D eigenvalue weighted by atomic mass is 15.1. The van der Waals surface area contributed by atoms with Crippen LogP contribution in [0.15, 0.2) is 42.5 Å². The maximum atomic E-state index is 8.85. The fraction of sp³-hybridized carbons (Fsp3) is 0.278. The molecule has 3 rings (SSSR count). The molecule has 1 aliphatic rings. The van der Waals surface area contributed by atoms with Crippen LogP contribution in [0, 0.1) is 11.3 Å². The van der Waals surface area contributed by atoms with E-state index >= 15 is 0 Å². The molecule has 20 heavy (non-hydrogen) atoms. The summed E-state index contributed by atoms with van der Waals surface area (Å²) in [4.78, 5) is 2.18. The van der Waals surface area contributed by atoms with Crippen LogP contribution in [0.3, 0.4) is 0 Å². The second-order valence-electron chi connectivity index (χ2n) is 5.38. The molecule has 0 N–H and O–H groups in total. The number of hydrogen-bond donors (Lipinski definition) is 0. The van der Waals surface area contributed by atoms with Gasteiger partial charge in [-0.25, -0.2) is 0 Å². The van der Waals surface area contributed by atoms with Crippen molar-refractivity contribution in [3.8, 4) is 6.07 Å². The fourth-order valence-electron chi connectivity index (χ4n) is 2.84. The van der Waals surface area contributed by atoms with Gasteiger partial charge in [-0.3, -0.25) is 0 Å². The SMILES string of the molecule is CN(c1ccc(C#N)cc1)c1ccc2c(c1)CCCC2. The Morgan fingerprint density at radius 2 is 1.55 bits per heavy atom. The summed E-state index contributed by atoms with van der Waals surface area (Å²) in [5.41, 5.74) is 6.03. The van der Waals surface area contributed by atoms with Gasteiger partial charge in [0.25, 0.3) is 0 Å². The molecule has 0 fully saturated rings. The molecule has 0 radical (unpaired) electrons.